The van der Waals surface area contributed by atoms with Crippen LogP contribution in [-0.4, -0.2) is 30.1 Å². The summed E-state index contributed by atoms with van der Waals surface area (Å²) >= 11 is 0. The predicted molar refractivity (Wildman–Crippen MR) is 122 cm³/mol. The lowest BCUT2D eigenvalue weighted by atomic mass is 10.0. The van der Waals surface area contributed by atoms with Crippen molar-refractivity contribution >= 4 is 23.1 Å². The van der Waals surface area contributed by atoms with Crippen LogP contribution in [0.25, 0.3) is 34.3 Å². The second-order valence-corrected chi connectivity index (χ2v) is 7.71. The molecule has 2 aromatic heterocycles. The lowest BCUT2D eigenvalue weighted by molar-refractivity contribution is -0.696. The molecule has 0 spiro atoms. The summed E-state index contributed by atoms with van der Waals surface area (Å²) in [6.07, 6.45) is 8.78. The van der Waals surface area contributed by atoms with Gasteiger partial charge in [-0.25, -0.2) is 4.57 Å². The van der Waals surface area contributed by atoms with E-state index in [4.69, 9.17) is 0 Å². The molecule has 0 saturated carbocycles. The van der Waals surface area contributed by atoms with E-state index >= 15 is 0 Å². The molecular weight excluding hydrogens is 354 g/mol. The molecule has 0 atom stereocenters. The van der Waals surface area contributed by atoms with Crippen molar-refractivity contribution in [1.82, 2.24) is 9.47 Å². The fraction of sp³-hybridized carbons (Fsp3) is 0.192. The van der Waals surface area contributed by atoms with E-state index < -0.39 is 0 Å². The van der Waals surface area contributed by atoms with Gasteiger partial charge in [-0.3, -0.25) is 0 Å². The molecule has 0 fully saturated rings. The van der Waals surface area contributed by atoms with E-state index in [0.29, 0.717) is 0 Å². The summed E-state index contributed by atoms with van der Waals surface area (Å²) in [5.74, 6) is 0. The van der Waals surface area contributed by atoms with E-state index in [2.05, 4.69) is 126 Å². The van der Waals surface area contributed by atoms with E-state index in [1.54, 1.807) is 0 Å². The van der Waals surface area contributed by atoms with Gasteiger partial charge in [0.05, 0.1) is 12.2 Å². The second kappa shape index (κ2) is 8.46. The quantitative estimate of drug-likeness (QED) is 0.434. The number of benzene rings is 2. The largest absolute Gasteiger partial charge is 0.343 e. The monoisotopic (exact) mass is 382 g/mol. The minimum absolute atomic E-state index is 0.998. The molecule has 0 bridgehead atoms. The zero-order valence-corrected chi connectivity index (χ0v) is 17.4. The Morgan fingerprint density at radius 3 is 2.28 bits per heavy atom. The Kier molecular flexibility index (Phi) is 5.59. The fourth-order valence-corrected chi connectivity index (χ4v) is 3.76. The molecule has 29 heavy (non-hydrogen) atoms. The third-order valence-electron chi connectivity index (χ3n) is 5.36. The Morgan fingerprint density at radius 2 is 1.55 bits per heavy atom. The predicted octanol–water partition coefficient (Wildman–Crippen LogP) is 4.86. The Morgan fingerprint density at radius 1 is 0.862 bits per heavy atom. The van der Waals surface area contributed by atoms with Crippen LogP contribution < -0.4 is 4.57 Å². The van der Waals surface area contributed by atoms with E-state index in [1.807, 2.05) is 0 Å². The van der Waals surface area contributed by atoms with Crippen molar-refractivity contribution in [2.75, 3.05) is 20.6 Å². The molecule has 3 heteroatoms. The van der Waals surface area contributed by atoms with Gasteiger partial charge in [-0.15, -0.1) is 0 Å². The van der Waals surface area contributed by atoms with Crippen molar-refractivity contribution in [3.8, 4) is 11.3 Å². The van der Waals surface area contributed by atoms with Crippen molar-refractivity contribution in [2.45, 2.75) is 6.54 Å². The highest BCUT2D eigenvalue weighted by atomic mass is 15.1. The van der Waals surface area contributed by atoms with Crippen LogP contribution in [0.1, 0.15) is 11.1 Å². The Balaban J connectivity index is 1.70. The first-order valence-corrected chi connectivity index (χ1v) is 10.1. The van der Waals surface area contributed by atoms with Crippen molar-refractivity contribution in [2.24, 2.45) is 7.05 Å². The molecule has 0 aliphatic rings. The maximum absolute atomic E-state index is 2.30. The first kappa shape index (κ1) is 19.2. The summed E-state index contributed by atoms with van der Waals surface area (Å²) in [5, 5.41) is 1.28. The van der Waals surface area contributed by atoms with Gasteiger partial charge < -0.3 is 9.47 Å². The highest BCUT2D eigenvalue weighted by molar-refractivity contribution is 5.99. The molecule has 4 aromatic rings. The van der Waals surface area contributed by atoms with E-state index in [-0.39, 0.29) is 0 Å². The third kappa shape index (κ3) is 4.15. The molecule has 146 valence electrons. The minimum atomic E-state index is 0.998. The van der Waals surface area contributed by atoms with Gasteiger partial charge in [-0.05, 0) is 31.3 Å². The lowest BCUT2D eigenvalue weighted by Gasteiger charge is -2.06. The standard InChI is InChI=1S/C26H28N3/c1-27(2)19-20-29-17-15-21(16-18-29)13-14-24-23-11-7-8-12-25(23)28(3)26(24)22-9-5-4-6-10-22/h4-18H,19-20H2,1-3H3/q+1. The van der Waals surface area contributed by atoms with Crippen molar-refractivity contribution < 1.29 is 4.57 Å². The number of aryl methyl sites for hydroxylation is 1. The highest BCUT2D eigenvalue weighted by Crippen LogP contribution is 2.34. The Labute approximate surface area is 173 Å². The van der Waals surface area contributed by atoms with Crippen LogP contribution in [0.2, 0.25) is 0 Å². The highest BCUT2D eigenvalue weighted by Gasteiger charge is 2.14. The molecule has 0 aliphatic carbocycles. The van der Waals surface area contributed by atoms with Gasteiger partial charge in [0.1, 0.15) is 0 Å². The minimum Gasteiger partial charge on any atom is -0.343 e. The van der Waals surface area contributed by atoms with Crippen LogP contribution in [0.4, 0.5) is 0 Å². The number of nitrogens with zero attached hydrogens (tertiary/aromatic N) is 3. The van der Waals surface area contributed by atoms with Crippen LogP contribution in [0.15, 0.2) is 79.1 Å². The summed E-state index contributed by atoms with van der Waals surface area (Å²) in [7, 11) is 6.36. The summed E-state index contributed by atoms with van der Waals surface area (Å²) in [4.78, 5) is 2.20. The molecule has 2 aromatic carbocycles. The van der Waals surface area contributed by atoms with Gasteiger partial charge in [0.25, 0.3) is 0 Å². The molecule has 0 amide bonds. The summed E-state index contributed by atoms with van der Waals surface area (Å²) in [5.41, 5.74) is 6.21. The molecule has 2 heterocycles. The zero-order valence-electron chi connectivity index (χ0n) is 17.4. The maximum Gasteiger partial charge on any atom is 0.169 e. The third-order valence-corrected chi connectivity index (χ3v) is 5.36. The molecule has 0 saturated heterocycles. The zero-order chi connectivity index (χ0) is 20.2. The van der Waals surface area contributed by atoms with Crippen LogP contribution in [0.3, 0.4) is 0 Å². The topological polar surface area (TPSA) is 12.1 Å². The number of rotatable bonds is 6. The first-order chi connectivity index (χ1) is 14.1. The van der Waals surface area contributed by atoms with Crippen LogP contribution in [-0.2, 0) is 13.6 Å². The Hall–Kier alpha value is -3.17. The molecule has 0 N–H and O–H groups in total. The smallest absolute Gasteiger partial charge is 0.169 e. The number of hydrogen-bond donors (Lipinski definition) is 0. The van der Waals surface area contributed by atoms with E-state index in [9.17, 15) is 0 Å². The number of pyridine rings is 1. The van der Waals surface area contributed by atoms with E-state index in [1.165, 1.54) is 33.3 Å². The summed E-state index contributed by atoms with van der Waals surface area (Å²) < 4.78 is 4.52. The number of hydrogen-bond acceptors (Lipinski definition) is 1. The first-order valence-electron chi connectivity index (χ1n) is 10.1. The fourth-order valence-electron chi connectivity index (χ4n) is 3.76. The van der Waals surface area contributed by atoms with Crippen LogP contribution in [0, 0.1) is 0 Å². The number of likely N-dealkylation sites (N-methyl/N-ethyl adjacent to an activating group) is 1. The average molecular weight is 383 g/mol. The number of para-hydroxylation sites is 1. The molecule has 3 nitrogen and oxygen atoms in total. The summed E-state index contributed by atoms with van der Waals surface area (Å²) in [6, 6.07) is 23.6. The van der Waals surface area contributed by atoms with Crippen LogP contribution >= 0.6 is 0 Å². The Bertz CT molecular complexity index is 1120. The van der Waals surface area contributed by atoms with Gasteiger partial charge in [0, 0.05) is 35.6 Å². The van der Waals surface area contributed by atoms with Crippen LogP contribution in [0.5, 0.6) is 0 Å². The molecular formula is C26H28N3+. The van der Waals surface area contributed by atoms with Gasteiger partial charge >= 0.3 is 0 Å². The second-order valence-electron chi connectivity index (χ2n) is 7.71. The lowest BCUT2D eigenvalue weighted by Crippen LogP contribution is -2.37. The van der Waals surface area contributed by atoms with Crippen molar-refractivity contribution in [1.29, 1.82) is 0 Å². The van der Waals surface area contributed by atoms with Gasteiger partial charge in [0.15, 0.2) is 18.9 Å². The van der Waals surface area contributed by atoms with Gasteiger partial charge in [0.2, 0.25) is 0 Å². The maximum atomic E-state index is 2.30. The van der Waals surface area contributed by atoms with Crippen molar-refractivity contribution in [3.63, 3.8) is 0 Å². The molecule has 0 radical (unpaired) electrons. The molecule has 0 aliphatic heterocycles. The van der Waals surface area contributed by atoms with Gasteiger partial charge in [-0.1, -0.05) is 60.7 Å². The van der Waals surface area contributed by atoms with E-state index in [0.717, 1.165) is 13.1 Å². The average Bonchev–Trinajstić information content (AvgIpc) is 3.04. The normalized spacial score (nSPS) is 11.7. The number of aromatic nitrogens is 2. The van der Waals surface area contributed by atoms with Gasteiger partial charge in [-0.2, -0.15) is 0 Å². The molecule has 0 unspecified atom stereocenters. The molecule has 4 rings (SSSR count). The van der Waals surface area contributed by atoms with Crippen molar-refractivity contribution in [3.05, 3.63) is 90.3 Å². The summed E-state index contributed by atoms with van der Waals surface area (Å²) in [6.45, 7) is 2.04. The SMILES string of the molecule is CN(C)CC[n+]1ccc(C=Cc2c(-c3ccccc3)n(C)c3ccccc23)cc1. The number of fused-ring (bicyclic) bond motifs is 1.